The van der Waals surface area contributed by atoms with Crippen LogP contribution in [0.5, 0.6) is 5.75 Å². The number of hydrogen-bond donors (Lipinski definition) is 2. The van der Waals surface area contributed by atoms with Gasteiger partial charge < -0.3 is 14.9 Å². The number of benzene rings is 1. The minimum Gasteiger partial charge on any atom is -0.492 e. The van der Waals surface area contributed by atoms with Crippen LogP contribution in [0.4, 0.5) is 0 Å². The second kappa shape index (κ2) is 9.36. The monoisotopic (exact) mass is 359 g/mol. The van der Waals surface area contributed by atoms with Crippen LogP contribution < -0.4 is 4.74 Å². The number of halogens is 1. The first kappa shape index (κ1) is 17.5. The van der Waals surface area contributed by atoms with Crippen molar-refractivity contribution >= 4 is 27.9 Å². The average Bonchev–Trinajstić information content (AvgIpc) is 2.92. The fraction of sp³-hybridized carbons (Fsp3) is 0.429. The Bertz CT molecular complexity index is 462. The van der Waals surface area contributed by atoms with Crippen LogP contribution in [0.25, 0.3) is 0 Å². The third kappa shape index (κ3) is 7.67. The summed E-state index contributed by atoms with van der Waals surface area (Å²) in [6, 6.07) is 8.00. The fourth-order valence-electron chi connectivity index (χ4n) is 1.86. The molecule has 1 aromatic carbocycles. The van der Waals surface area contributed by atoms with E-state index in [-0.39, 0.29) is 0 Å². The molecular formula is C14H18BrNO5. The number of carboxylic acid groups (broad SMARTS) is 2. The van der Waals surface area contributed by atoms with Crippen molar-refractivity contribution in [1.82, 2.24) is 4.90 Å². The third-order valence-corrected chi connectivity index (χ3v) is 3.35. The summed E-state index contributed by atoms with van der Waals surface area (Å²) in [5, 5.41) is 14.8. The van der Waals surface area contributed by atoms with Crippen molar-refractivity contribution in [1.29, 1.82) is 0 Å². The van der Waals surface area contributed by atoms with Crippen LogP contribution >= 0.6 is 15.9 Å². The SMILES string of the molecule is Brc1cccc(OCCN2CCCC2)c1.O=C(O)C(=O)O. The second-order valence-electron chi connectivity index (χ2n) is 4.46. The van der Waals surface area contributed by atoms with E-state index in [1.54, 1.807) is 0 Å². The zero-order chi connectivity index (χ0) is 15.7. The molecule has 6 nitrogen and oxygen atoms in total. The Morgan fingerprint density at radius 2 is 1.81 bits per heavy atom. The van der Waals surface area contributed by atoms with Crippen LogP contribution in [-0.2, 0) is 9.59 Å². The second-order valence-corrected chi connectivity index (χ2v) is 5.38. The van der Waals surface area contributed by atoms with Gasteiger partial charge in [-0.05, 0) is 44.1 Å². The van der Waals surface area contributed by atoms with Gasteiger partial charge >= 0.3 is 11.9 Å². The molecule has 1 aromatic rings. The number of hydrogen-bond acceptors (Lipinski definition) is 4. The Morgan fingerprint density at radius 3 is 2.33 bits per heavy atom. The van der Waals surface area contributed by atoms with Crippen molar-refractivity contribution in [3.05, 3.63) is 28.7 Å². The van der Waals surface area contributed by atoms with Gasteiger partial charge in [0.15, 0.2) is 0 Å². The van der Waals surface area contributed by atoms with Crippen LogP contribution in [0.1, 0.15) is 12.8 Å². The molecule has 0 saturated carbocycles. The van der Waals surface area contributed by atoms with Gasteiger partial charge in [-0.1, -0.05) is 22.0 Å². The van der Waals surface area contributed by atoms with Crippen molar-refractivity contribution in [2.24, 2.45) is 0 Å². The molecule has 2 N–H and O–H groups in total. The summed E-state index contributed by atoms with van der Waals surface area (Å²) in [5.74, 6) is -2.70. The fourth-order valence-corrected chi connectivity index (χ4v) is 2.23. The van der Waals surface area contributed by atoms with Gasteiger partial charge in [0.1, 0.15) is 12.4 Å². The maximum atomic E-state index is 9.10. The Labute approximate surface area is 131 Å². The molecule has 0 spiro atoms. The molecule has 1 heterocycles. The van der Waals surface area contributed by atoms with E-state index in [0.717, 1.165) is 23.4 Å². The Balaban J connectivity index is 0.000000315. The molecule has 0 amide bonds. The lowest BCUT2D eigenvalue weighted by molar-refractivity contribution is -0.159. The van der Waals surface area contributed by atoms with Crippen molar-refractivity contribution in [3.8, 4) is 5.75 Å². The van der Waals surface area contributed by atoms with E-state index >= 15 is 0 Å². The smallest absolute Gasteiger partial charge is 0.414 e. The summed E-state index contributed by atoms with van der Waals surface area (Å²) in [6.07, 6.45) is 2.69. The lowest BCUT2D eigenvalue weighted by Gasteiger charge is -2.14. The maximum Gasteiger partial charge on any atom is 0.414 e. The van der Waals surface area contributed by atoms with Crippen molar-refractivity contribution in [2.75, 3.05) is 26.2 Å². The van der Waals surface area contributed by atoms with E-state index in [1.165, 1.54) is 25.9 Å². The topological polar surface area (TPSA) is 87.1 Å². The molecule has 21 heavy (non-hydrogen) atoms. The molecule has 0 radical (unpaired) electrons. The number of aliphatic carboxylic acids is 2. The molecular weight excluding hydrogens is 342 g/mol. The minimum absolute atomic E-state index is 0.788. The van der Waals surface area contributed by atoms with E-state index < -0.39 is 11.9 Å². The number of nitrogens with zero attached hydrogens (tertiary/aromatic N) is 1. The third-order valence-electron chi connectivity index (χ3n) is 2.85. The van der Waals surface area contributed by atoms with Crippen LogP contribution in [-0.4, -0.2) is 53.3 Å². The highest BCUT2D eigenvalue weighted by Crippen LogP contribution is 2.17. The van der Waals surface area contributed by atoms with E-state index in [2.05, 4.69) is 20.8 Å². The molecule has 0 aromatic heterocycles. The first-order chi connectivity index (χ1) is 9.99. The van der Waals surface area contributed by atoms with Gasteiger partial charge in [0.05, 0.1) is 0 Å². The molecule has 0 aliphatic carbocycles. The van der Waals surface area contributed by atoms with Crippen molar-refractivity contribution in [3.63, 3.8) is 0 Å². The molecule has 1 saturated heterocycles. The molecule has 0 bridgehead atoms. The minimum atomic E-state index is -1.82. The summed E-state index contributed by atoms with van der Waals surface area (Å²) in [7, 11) is 0. The Morgan fingerprint density at radius 1 is 1.19 bits per heavy atom. The van der Waals surface area contributed by atoms with Gasteiger partial charge in [-0.25, -0.2) is 9.59 Å². The van der Waals surface area contributed by atoms with Gasteiger partial charge in [-0.3, -0.25) is 4.90 Å². The number of carboxylic acids is 2. The highest BCUT2D eigenvalue weighted by Gasteiger charge is 2.10. The molecule has 2 rings (SSSR count). The van der Waals surface area contributed by atoms with Gasteiger partial charge in [0, 0.05) is 11.0 Å². The zero-order valence-electron chi connectivity index (χ0n) is 11.5. The summed E-state index contributed by atoms with van der Waals surface area (Å²) in [5.41, 5.74) is 0. The van der Waals surface area contributed by atoms with Crippen molar-refractivity contribution in [2.45, 2.75) is 12.8 Å². The maximum absolute atomic E-state index is 9.10. The number of carbonyl (C=O) groups is 2. The molecule has 0 atom stereocenters. The van der Waals surface area contributed by atoms with E-state index in [9.17, 15) is 0 Å². The summed E-state index contributed by atoms with van der Waals surface area (Å²) in [6.45, 7) is 4.31. The summed E-state index contributed by atoms with van der Waals surface area (Å²) < 4.78 is 6.75. The van der Waals surface area contributed by atoms with Crippen LogP contribution in [0, 0.1) is 0 Å². The lowest BCUT2D eigenvalue weighted by Crippen LogP contribution is -2.25. The standard InChI is InChI=1S/C12H16BrNO.C2H2O4/c13-11-4-3-5-12(10-11)15-9-8-14-6-1-2-7-14;3-1(4)2(5)6/h3-5,10H,1-2,6-9H2;(H,3,4)(H,5,6). The number of rotatable bonds is 4. The highest BCUT2D eigenvalue weighted by molar-refractivity contribution is 9.10. The number of likely N-dealkylation sites (tertiary alicyclic amines) is 1. The molecule has 7 heteroatoms. The van der Waals surface area contributed by atoms with Gasteiger partial charge in [0.2, 0.25) is 0 Å². The van der Waals surface area contributed by atoms with E-state index in [4.69, 9.17) is 24.5 Å². The predicted octanol–water partition coefficient (Wildman–Crippen LogP) is 2.08. The molecule has 1 aliphatic rings. The van der Waals surface area contributed by atoms with Crippen LogP contribution in [0.2, 0.25) is 0 Å². The Hall–Kier alpha value is -1.60. The molecule has 1 fully saturated rings. The number of ether oxygens (including phenoxy) is 1. The molecule has 116 valence electrons. The van der Waals surface area contributed by atoms with Gasteiger partial charge in [0.25, 0.3) is 0 Å². The van der Waals surface area contributed by atoms with E-state index in [0.29, 0.717) is 0 Å². The van der Waals surface area contributed by atoms with Crippen molar-refractivity contribution < 1.29 is 24.5 Å². The van der Waals surface area contributed by atoms with Crippen LogP contribution in [0.15, 0.2) is 28.7 Å². The lowest BCUT2D eigenvalue weighted by atomic mass is 10.3. The van der Waals surface area contributed by atoms with E-state index in [1.807, 2.05) is 24.3 Å². The summed E-state index contributed by atoms with van der Waals surface area (Å²) >= 11 is 3.43. The zero-order valence-corrected chi connectivity index (χ0v) is 13.1. The quantitative estimate of drug-likeness (QED) is 0.800. The van der Waals surface area contributed by atoms with Crippen LogP contribution in [0.3, 0.4) is 0 Å². The normalized spacial score (nSPS) is 14.1. The molecule has 1 aliphatic heterocycles. The first-order valence-corrected chi connectivity index (χ1v) is 7.35. The predicted molar refractivity (Wildman–Crippen MR) is 80.6 cm³/mol. The average molecular weight is 360 g/mol. The Kier molecular flexibility index (Phi) is 7.78. The first-order valence-electron chi connectivity index (χ1n) is 6.56. The largest absolute Gasteiger partial charge is 0.492 e. The molecule has 0 unspecified atom stereocenters. The van der Waals surface area contributed by atoms with Gasteiger partial charge in [-0.15, -0.1) is 0 Å². The summed E-state index contributed by atoms with van der Waals surface area (Å²) in [4.78, 5) is 20.7. The highest BCUT2D eigenvalue weighted by atomic mass is 79.9. The van der Waals surface area contributed by atoms with Gasteiger partial charge in [-0.2, -0.15) is 0 Å².